The van der Waals surface area contributed by atoms with Gasteiger partial charge in [-0.15, -0.1) is 0 Å². The second kappa shape index (κ2) is 4.90. The van der Waals surface area contributed by atoms with Gasteiger partial charge in [0.25, 0.3) is 0 Å². The van der Waals surface area contributed by atoms with E-state index < -0.39 is 9.84 Å². The fourth-order valence-corrected chi connectivity index (χ4v) is 3.84. The predicted octanol–water partition coefficient (Wildman–Crippen LogP) is 3.61. The van der Waals surface area contributed by atoms with E-state index >= 15 is 0 Å². The van der Waals surface area contributed by atoms with Crippen molar-refractivity contribution in [1.82, 2.24) is 4.98 Å². The summed E-state index contributed by atoms with van der Waals surface area (Å²) < 4.78 is 23.0. The standard InChI is InChI=1S/C19H17NO2S/c1-23(21,22)16-7-8-18(20-13-16)17-12-19(17)10-9-15(11-19)14-5-3-2-4-6-14/h2-11,13,17H,12H2,1H3. The van der Waals surface area contributed by atoms with E-state index in [1.807, 2.05) is 24.3 Å². The lowest BCUT2D eigenvalue weighted by atomic mass is 10.0. The van der Waals surface area contributed by atoms with Crippen LogP contribution in [0, 0.1) is 5.41 Å². The van der Waals surface area contributed by atoms with Crippen molar-refractivity contribution in [2.45, 2.75) is 17.2 Å². The van der Waals surface area contributed by atoms with Gasteiger partial charge in [0.2, 0.25) is 0 Å². The summed E-state index contributed by atoms with van der Waals surface area (Å²) in [5.74, 6) is 0.341. The van der Waals surface area contributed by atoms with E-state index in [2.05, 4.69) is 35.3 Å². The van der Waals surface area contributed by atoms with Crippen LogP contribution in [0.15, 0.2) is 71.8 Å². The van der Waals surface area contributed by atoms with E-state index in [0.717, 1.165) is 12.1 Å². The number of pyridine rings is 1. The Balaban J connectivity index is 1.59. The summed E-state index contributed by atoms with van der Waals surface area (Å²) in [5, 5.41) is 0. The summed E-state index contributed by atoms with van der Waals surface area (Å²) in [6.07, 6.45) is 10.5. The van der Waals surface area contributed by atoms with E-state index in [4.69, 9.17) is 0 Å². The third kappa shape index (κ3) is 2.53. The largest absolute Gasteiger partial charge is 0.260 e. The van der Waals surface area contributed by atoms with Crippen LogP contribution < -0.4 is 0 Å². The summed E-state index contributed by atoms with van der Waals surface area (Å²) in [6, 6.07) is 13.8. The molecule has 1 aromatic heterocycles. The zero-order valence-electron chi connectivity index (χ0n) is 12.8. The topological polar surface area (TPSA) is 47.0 Å². The van der Waals surface area contributed by atoms with E-state index in [-0.39, 0.29) is 10.3 Å². The highest BCUT2D eigenvalue weighted by atomic mass is 32.2. The highest BCUT2D eigenvalue weighted by molar-refractivity contribution is 7.90. The van der Waals surface area contributed by atoms with Gasteiger partial charge in [0.15, 0.2) is 9.84 Å². The Hall–Kier alpha value is -2.20. The van der Waals surface area contributed by atoms with Crippen molar-refractivity contribution in [3.05, 3.63) is 78.1 Å². The van der Waals surface area contributed by atoms with Crippen molar-refractivity contribution in [3.63, 3.8) is 0 Å². The molecule has 1 aromatic carbocycles. The molecule has 0 radical (unpaired) electrons. The molecule has 2 aromatic rings. The van der Waals surface area contributed by atoms with Crippen molar-refractivity contribution in [2.75, 3.05) is 6.26 Å². The number of aromatic nitrogens is 1. The van der Waals surface area contributed by atoms with E-state index in [1.165, 1.54) is 23.6 Å². The minimum absolute atomic E-state index is 0.0603. The number of sulfone groups is 1. The molecular formula is C19H17NO2S. The molecular weight excluding hydrogens is 306 g/mol. The van der Waals surface area contributed by atoms with Crippen molar-refractivity contribution in [1.29, 1.82) is 0 Å². The lowest BCUT2D eigenvalue weighted by Crippen LogP contribution is -2.00. The minimum Gasteiger partial charge on any atom is -0.260 e. The maximum atomic E-state index is 11.5. The van der Waals surface area contributed by atoms with Crippen LogP contribution in [0.3, 0.4) is 0 Å². The molecule has 1 spiro atoms. The lowest BCUT2D eigenvalue weighted by Gasteiger charge is -2.05. The molecule has 0 saturated heterocycles. The van der Waals surface area contributed by atoms with Crippen LogP contribution in [0.4, 0.5) is 0 Å². The second-order valence-corrected chi connectivity index (χ2v) is 8.37. The average Bonchev–Trinajstić information content (AvgIpc) is 3.07. The summed E-state index contributed by atoms with van der Waals surface area (Å²) in [6.45, 7) is 0. The molecule has 4 rings (SSSR count). The van der Waals surface area contributed by atoms with Crippen LogP contribution in [0.1, 0.15) is 23.6 Å². The summed E-state index contributed by atoms with van der Waals surface area (Å²) in [4.78, 5) is 4.66. The van der Waals surface area contributed by atoms with Crippen LogP contribution in [-0.2, 0) is 9.84 Å². The van der Waals surface area contributed by atoms with Gasteiger partial charge >= 0.3 is 0 Å². The second-order valence-electron chi connectivity index (χ2n) is 6.36. The molecule has 116 valence electrons. The Bertz CT molecular complexity index is 912. The molecule has 2 atom stereocenters. The normalized spacial score (nSPS) is 25.6. The van der Waals surface area contributed by atoms with Crippen LogP contribution in [-0.4, -0.2) is 19.7 Å². The van der Waals surface area contributed by atoms with Gasteiger partial charge in [-0.2, -0.15) is 0 Å². The average molecular weight is 323 g/mol. The van der Waals surface area contributed by atoms with Gasteiger partial charge in [-0.25, -0.2) is 8.42 Å². The molecule has 23 heavy (non-hydrogen) atoms. The van der Waals surface area contributed by atoms with Crippen molar-refractivity contribution >= 4 is 15.4 Å². The minimum atomic E-state index is -3.19. The first-order valence-corrected chi connectivity index (χ1v) is 9.51. The molecule has 2 aliphatic rings. The first-order valence-electron chi connectivity index (χ1n) is 7.61. The molecule has 2 unspecified atom stereocenters. The van der Waals surface area contributed by atoms with Gasteiger partial charge in [-0.1, -0.05) is 48.6 Å². The molecule has 0 bridgehead atoms. The van der Waals surface area contributed by atoms with Crippen LogP contribution in [0.2, 0.25) is 0 Å². The number of nitrogens with zero attached hydrogens (tertiary/aromatic N) is 1. The van der Waals surface area contributed by atoms with Gasteiger partial charge in [-0.05, 0) is 29.7 Å². The number of rotatable bonds is 3. The Morgan fingerprint density at radius 3 is 2.57 bits per heavy atom. The van der Waals surface area contributed by atoms with Gasteiger partial charge in [0.05, 0.1) is 4.90 Å². The third-order valence-corrected chi connectivity index (χ3v) is 5.79. The Kier molecular flexibility index (Phi) is 3.07. The van der Waals surface area contributed by atoms with Crippen molar-refractivity contribution in [3.8, 4) is 0 Å². The summed E-state index contributed by atoms with van der Waals surface area (Å²) >= 11 is 0. The van der Waals surface area contributed by atoms with Crippen LogP contribution >= 0.6 is 0 Å². The fourth-order valence-electron chi connectivity index (χ4n) is 3.28. The molecule has 4 heteroatoms. The molecule has 1 saturated carbocycles. The lowest BCUT2D eigenvalue weighted by molar-refractivity contribution is 0.601. The smallest absolute Gasteiger partial charge is 0.177 e. The molecule has 0 N–H and O–H groups in total. The Morgan fingerprint density at radius 2 is 1.91 bits per heavy atom. The number of benzene rings is 1. The van der Waals surface area contributed by atoms with E-state index in [1.54, 1.807) is 6.07 Å². The quantitative estimate of drug-likeness (QED) is 0.867. The summed E-state index contributed by atoms with van der Waals surface area (Å²) in [7, 11) is -3.19. The Labute approximate surface area is 136 Å². The zero-order chi connectivity index (χ0) is 16.1. The van der Waals surface area contributed by atoms with Gasteiger partial charge in [0, 0.05) is 29.5 Å². The SMILES string of the molecule is CS(=O)(=O)c1ccc(C2CC23C=CC(c2ccccc2)=C3)nc1. The number of allylic oxidation sites excluding steroid dienone is 4. The van der Waals surface area contributed by atoms with Gasteiger partial charge < -0.3 is 0 Å². The van der Waals surface area contributed by atoms with E-state index in [0.29, 0.717) is 5.92 Å². The maximum absolute atomic E-state index is 11.5. The zero-order valence-corrected chi connectivity index (χ0v) is 13.6. The van der Waals surface area contributed by atoms with Gasteiger partial charge in [0.1, 0.15) is 0 Å². The Morgan fingerprint density at radius 1 is 1.13 bits per heavy atom. The molecule has 1 heterocycles. The molecule has 3 nitrogen and oxygen atoms in total. The highest BCUT2D eigenvalue weighted by Crippen LogP contribution is 2.64. The first kappa shape index (κ1) is 14.4. The number of hydrogen-bond acceptors (Lipinski definition) is 3. The van der Waals surface area contributed by atoms with Crippen molar-refractivity contribution in [2.24, 2.45) is 5.41 Å². The van der Waals surface area contributed by atoms with E-state index in [9.17, 15) is 8.42 Å². The van der Waals surface area contributed by atoms with Gasteiger partial charge in [-0.3, -0.25) is 4.98 Å². The highest BCUT2D eigenvalue weighted by Gasteiger charge is 2.53. The predicted molar refractivity (Wildman–Crippen MR) is 90.7 cm³/mol. The molecule has 2 aliphatic carbocycles. The monoisotopic (exact) mass is 323 g/mol. The molecule has 1 fully saturated rings. The van der Waals surface area contributed by atoms with Crippen LogP contribution in [0.5, 0.6) is 0 Å². The first-order chi connectivity index (χ1) is 11.0. The number of hydrogen-bond donors (Lipinski definition) is 0. The molecule has 0 aliphatic heterocycles. The summed E-state index contributed by atoms with van der Waals surface area (Å²) in [5.41, 5.74) is 3.50. The molecule has 0 amide bonds. The fraction of sp³-hybridized carbons (Fsp3) is 0.211. The van der Waals surface area contributed by atoms with Crippen LogP contribution in [0.25, 0.3) is 5.57 Å². The third-order valence-electron chi connectivity index (χ3n) is 4.70. The van der Waals surface area contributed by atoms with Crippen molar-refractivity contribution < 1.29 is 8.42 Å². The maximum Gasteiger partial charge on any atom is 0.177 e.